The Hall–Kier alpha value is -1.23. The van der Waals surface area contributed by atoms with Crippen molar-refractivity contribution in [1.29, 1.82) is 5.41 Å². The molecule has 0 aromatic heterocycles. The molecule has 1 saturated heterocycles. The topological polar surface area (TPSA) is 27.1 Å². The summed E-state index contributed by atoms with van der Waals surface area (Å²) in [4.78, 5) is 1.56. The van der Waals surface area contributed by atoms with Gasteiger partial charge in [0, 0.05) is 13.0 Å². The smallest absolute Gasteiger partial charge is 0.329 e. The van der Waals surface area contributed by atoms with E-state index in [0.29, 0.717) is 18.8 Å². The second kappa shape index (κ2) is 4.80. The van der Waals surface area contributed by atoms with Crippen LogP contribution in [0.3, 0.4) is 0 Å². The first kappa shape index (κ1) is 13.2. The molecule has 0 aliphatic carbocycles. The summed E-state index contributed by atoms with van der Waals surface area (Å²) in [5.74, 6) is 0.322. The van der Waals surface area contributed by atoms with Crippen molar-refractivity contribution in [2.24, 2.45) is 0 Å². The molecule has 18 heavy (non-hydrogen) atoms. The fourth-order valence-electron chi connectivity index (χ4n) is 1.99. The Morgan fingerprint density at radius 2 is 1.94 bits per heavy atom. The lowest BCUT2D eigenvalue weighted by molar-refractivity contribution is -0.137. The maximum atomic E-state index is 12.6. The lowest BCUT2D eigenvalue weighted by Crippen LogP contribution is -2.35. The van der Waals surface area contributed by atoms with Crippen LogP contribution in [0.2, 0.25) is 5.02 Å². The highest BCUT2D eigenvalue weighted by atomic mass is 35.5. The molecule has 2 nitrogen and oxygen atoms in total. The monoisotopic (exact) mass is 276 g/mol. The number of benzene rings is 1. The van der Waals surface area contributed by atoms with Crippen molar-refractivity contribution in [3.05, 3.63) is 28.8 Å². The molecule has 0 amide bonds. The van der Waals surface area contributed by atoms with Gasteiger partial charge in [0.15, 0.2) is 0 Å². The Bertz CT molecular complexity index is 471. The number of halogens is 4. The molecule has 0 unspecified atom stereocenters. The van der Waals surface area contributed by atoms with Crippen LogP contribution in [0.5, 0.6) is 0 Å². The Labute approximate surface area is 108 Å². The van der Waals surface area contributed by atoms with Crippen LogP contribution in [-0.4, -0.2) is 12.4 Å². The number of rotatable bonds is 1. The van der Waals surface area contributed by atoms with E-state index in [1.807, 2.05) is 0 Å². The lowest BCUT2D eigenvalue weighted by atomic mass is 10.1. The van der Waals surface area contributed by atoms with Gasteiger partial charge in [-0.1, -0.05) is 11.6 Å². The molecule has 0 saturated carbocycles. The molecule has 6 heteroatoms. The summed E-state index contributed by atoms with van der Waals surface area (Å²) in [5.41, 5.74) is -0.462. The van der Waals surface area contributed by atoms with Crippen molar-refractivity contribution in [2.45, 2.75) is 25.4 Å². The average Bonchev–Trinajstić information content (AvgIpc) is 2.29. The summed E-state index contributed by atoms with van der Waals surface area (Å²) in [6.45, 7) is 0.542. The van der Waals surface area contributed by atoms with E-state index in [0.717, 1.165) is 25.0 Å². The third kappa shape index (κ3) is 2.61. The van der Waals surface area contributed by atoms with E-state index in [-0.39, 0.29) is 10.7 Å². The summed E-state index contributed by atoms with van der Waals surface area (Å²) >= 11 is 5.94. The number of hydrogen-bond donors (Lipinski definition) is 1. The second-order valence-electron chi connectivity index (χ2n) is 4.22. The zero-order chi connectivity index (χ0) is 13.3. The third-order valence-corrected chi connectivity index (χ3v) is 3.25. The van der Waals surface area contributed by atoms with E-state index < -0.39 is 11.7 Å². The summed E-state index contributed by atoms with van der Waals surface area (Å²) in [6.07, 6.45) is -2.06. The van der Waals surface area contributed by atoms with Crippen LogP contribution >= 0.6 is 11.6 Å². The fourth-order valence-corrected chi connectivity index (χ4v) is 2.21. The van der Waals surface area contributed by atoms with E-state index >= 15 is 0 Å². The highest BCUT2D eigenvalue weighted by Crippen LogP contribution is 2.36. The van der Waals surface area contributed by atoms with Crippen molar-refractivity contribution in [2.75, 3.05) is 11.4 Å². The highest BCUT2D eigenvalue weighted by molar-refractivity contribution is 6.33. The van der Waals surface area contributed by atoms with Crippen molar-refractivity contribution in [1.82, 2.24) is 0 Å². The summed E-state index contributed by atoms with van der Waals surface area (Å²) in [5, 5.41) is 8.04. The maximum absolute atomic E-state index is 12.6. The van der Waals surface area contributed by atoms with E-state index in [2.05, 4.69) is 0 Å². The number of hydrogen-bond acceptors (Lipinski definition) is 1. The maximum Gasteiger partial charge on any atom is 0.416 e. The number of anilines is 1. The molecule has 1 N–H and O–H groups in total. The molecule has 1 aromatic carbocycles. The van der Waals surface area contributed by atoms with Gasteiger partial charge >= 0.3 is 6.18 Å². The number of amidine groups is 1. The predicted molar refractivity (Wildman–Crippen MR) is 65.4 cm³/mol. The fraction of sp³-hybridized carbons (Fsp3) is 0.417. The van der Waals surface area contributed by atoms with E-state index in [4.69, 9.17) is 17.0 Å². The molecule has 1 heterocycles. The van der Waals surface area contributed by atoms with Gasteiger partial charge in [-0.15, -0.1) is 0 Å². The normalized spacial score (nSPS) is 17.1. The lowest BCUT2D eigenvalue weighted by Gasteiger charge is -2.30. The molecule has 0 radical (unpaired) electrons. The molecule has 0 bridgehead atoms. The minimum Gasteiger partial charge on any atom is -0.329 e. The highest BCUT2D eigenvalue weighted by Gasteiger charge is 2.32. The second-order valence-corrected chi connectivity index (χ2v) is 4.63. The first-order valence-electron chi connectivity index (χ1n) is 5.61. The van der Waals surface area contributed by atoms with E-state index in [1.165, 1.54) is 6.07 Å². The number of piperidine rings is 1. The van der Waals surface area contributed by atoms with Gasteiger partial charge in [-0.3, -0.25) is 5.41 Å². The quantitative estimate of drug-likeness (QED) is 0.812. The largest absolute Gasteiger partial charge is 0.416 e. The molecule has 1 aliphatic heterocycles. The molecule has 0 spiro atoms. The summed E-state index contributed by atoms with van der Waals surface area (Å²) in [6, 6.07) is 3.21. The molecule has 2 rings (SSSR count). The van der Waals surface area contributed by atoms with Gasteiger partial charge in [0.2, 0.25) is 0 Å². The molecule has 98 valence electrons. The zero-order valence-corrected chi connectivity index (χ0v) is 10.3. The van der Waals surface area contributed by atoms with Crippen LogP contribution in [0.25, 0.3) is 0 Å². The zero-order valence-electron chi connectivity index (χ0n) is 9.52. The third-order valence-electron chi connectivity index (χ3n) is 2.94. The molecule has 1 aromatic rings. The predicted octanol–water partition coefficient (Wildman–Crippen LogP) is 4.33. The first-order chi connectivity index (χ1) is 8.39. The van der Waals surface area contributed by atoms with Crippen LogP contribution in [0.4, 0.5) is 18.9 Å². The molecule has 1 aliphatic rings. The van der Waals surface area contributed by atoms with Crippen molar-refractivity contribution >= 4 is 23.1 Å². The minimum absolute atomic E-state index is 0.245. The van der Waals surface area contributed by atoms with Crippen LogP contribution in [0.1, 0.15) is 24.8 Å². The van der Waals surface area contributed by atoms with Crippen molar-refractivity contribution in [3.8, 4) is 0 Å². The van der Waals surface area contributed by atoms with Crippen LogP contribution in [0, 0.1) is 5.41 Å². The first-order valence-corrected chi connectivity index (χ1v) is 5.99. The number of nitrogens with one attached hydrogen (secondary N) is 1. The van der Waals surface area contributed by atoms with Gasteiger partial charge in [0.25, 0.3) is 0 Å². The van der Waals surface area contributed by atoms with Crippen molar-refractivity contribution < 1.29 is 13.2 Å². The summed E-state index contributed by atoms with van der Waals surface area (Å²) < 4.78 is 37.9. The molecule has 1 fully saturated rings. The van der Waals surface area contributed by atoms with Crippen LogP contribution in [0.15, 0.2) is 18.2 Å². The number of nitrogens with zero attached hydrogens (tertiary/aromatic N) is 1. The SMILES string of the molecule is N=C1CCCCN1c1cc(C(F)(F)F)ccc1Cl. The summed E-state index contributed by atoms with van der Waals surface area (Å²) in [7, 11) is 0. The van der Waals surface area contributed by atoms with Gasteiger partial charge in [-0.2, -0.15) is 13.2 Å². The van der Waals surface area contributed by atoms with Gasteiger partial charge in [0.1, 0.15) is 5.84 Å². The average molecular weight is 277 g/mol. The standard InChI is InChI=1S/C12H12ClF3N2/c13-9-5-4-8(12(14,15)16)7-10(9)18-6-2-1-3-11(18)17/h4-5,7,17H,1-3,6H2. The van der Waals surface area contributed by atoms with E-state index in [9.17, 15) is 13.2 Å². The van der Waals surface area contributed by atoms with Gasteiger partial charge in [-0.05, 0) is 31.0 Å². The van der Waals surface area contributed by atoms with Crippen LogP contribution in [-0.2, 0) is 6.18 Å². The van der Waals surface area contributed by atoms with Gasteiger partial charge < -0.3 is 4.90 Å². The molecular formula is C12H12ClF3N2. The van der Waals surface area contributed by atoms with Crippen LogP contribution < -0.4 is 4.90 Å². The minimum atomic E-state index is -4.39. The Morgan fingerprint density at radius 1 is 1.22 bits per heavy atom. The Kier molecular flexibility index (Phi) is 3.52. The molecule has 0 atom stereocenters. The van der Waals surface area contributed by atoms with E-state index in [1.54, 1.807) is 4.90 Å². The van der Waals surface area contributed by atoms with Crippen molar-refractivity contribution in [3.63, 3.8) is 0 Å². The number of alkyl halides is 3. The Morgan fingerprint density at radius 3 is 2.56 bits per heavy atom. The Balaban J connectivity index is 2.40. The van der Waals surface area contributed by atoms with Gasteiger partial charge in [0.05, 0.1) is 16.3 Å². The van der Waals surface area contributed by atoms with Gasteiger partial charge in [-0.25, -0.2) is 0 Å². The molecular weight excluding hydrogens is 265 g/mol.